The van der Waals surface area contributed by atoms with Crippen molar-refractivity contribution in [3.63, 3.8) is 0 Å². The van der Waals surface area contributed by atoms with E-state index < -0.39 is 0 Å². The number of hydrogen-bond donors (Lipinski definition) is 2. The molecule has 1 aliphatic carbocycles. The highest BCUT2D eigenvalue weighted by Gasteiger charge is 2.31. The molecule has 0 heterocycles. The number of aliphatic hydroxyl groups is 1. The second-order valence-electron chi connectivity index (χ2n) is 5.21. The first-order valence-corrected chi connectivity index (χ1v) is 5.98. The van der Waals surface area contributed by atoms with Gasteiger partial charge < -0.3 is 10.4 Å². The summed E-state index contributed by atoms with van der Waals surface area (Å²) >= 11 is 0. The van der Waals surface area contributed by atoms with Gasteiger partial charge in [0.2, 0.25) is 0 Å². The van der Waals surface area contributed by atoms with Crippen molar-refractivity contribution in [3.05, 3.63) is 0 Å². The second-order valence-corrected chi connectivity index (χ2v) is 5.21. The summed E-state index contributed by atoms with van der Waals surface area (Å²) in [5.41, 5.74) is 0.518. The van der Waals surface area contributed by atoms with Crippen LogP contribution >= 0.6 is 0 Å². The van der Waals surface area contributed by atoms with Gasteiger partial charge in [-0.25, -0.2) is 0 Å². The van der Waals surface area contributed by atoms with Crippen LogP contribution in [0.5, 0.6) is 0 Å². The van der Waals surface area contributed by atoms with Crippen molar-refractivity contribution in [3.8, 4) is 0 Å². The van der Waals surface area contributed by atoms with Gasteiger partial charge in [0.05, 0.1) is 0 Å². The van der Waals surface area contributed by atoms with Crippen LogP contribution in [0, 0.1) is 11.3 Å². The van der Waals surface area contributed by atoms with E-state index >= 15 is 0 Å². The van der Waals surface area contributed by atoms with Crippen LogP contribution in [-0.4, -0.2) is 24.8 Å². The smallest absolute Gasteiger partial charge is 0.0443 e. The molecule has 0 aromatic carbocycles. The van der Waals surface area contributed by atoms with E-state index in [-0.39, 0.29) is 0 Å². The van der Waals surface area contributed by atoms with Crippen molar-refractivity contribution in [1.82, 2.24) is 5.32 Å². The lowest BCUT2D eigenvalue weighted by Gasteiger charge is -2.38. The van der Waals surface area contributed by atoms with Crippen LogP contribution in [0.15, 0.2) is 0 Å². The average Bonchev–Trinajstić information content (AvgIpc) is 2.14. The van der Waals surface area contributed by atoms with Gasteiger partial charge in [-0.15, -0.1) is 0 Å². The summed E-state index contributed by atoms with van der Waals surface area (Å²) < 4.78 is 0. The van der Waals surface area contributed by atoms with Crippen LogP contribution in [0.3, 0.4) is 0 Å². The SMILES string of the molecule is CC1(C)CCCCC1CNCCCO. The van der Waals surface area contributed by atoms with Crippen molar-refractivity contribution in [1.29, 1.82) is 0 Å². The maximum absolute atomic E-state index is 8.67. The zero-order valence-corrected chi connectivity index (χ0v) is 9.68. The third-order valence-electron chi connectivity index (χ3n) is 3.63. The maximum atomic E-state index is 8.67. The van der Waals surface area contributed by atoms with Crippen LogP contribution in [0.4, 0.5) is 0 Å². The van der Waals surface area contributed by atoms with E-state index in [0.29, 0.717) is 12.0 Å². The van der Waals surface area contributed by atoms with E-state index in [2.05, 4.69) is 19.2 Å². The van der Waals surface area contributed by atoms with E-state index in [1.807, 2.05) is 0 Å². The lowest BCUT2D eigenvalue weighted by atomic mass is 9.69. The van der Waals surface area contributed by atoms with Gasteiger partial charge >= 0.3 is 0 Å². The van der Waals surface area contributed by atoms with Crippen molar-refractivity contribution < 1.29 is 5.11 Å². The Hall–Kier alpha value is -0.0800. The van der Waals surface area contributed by atoms with E-state index in [4.69, 9.17) is 5.11 Å². The molecule has 0 radical (unpaired) electrons. The molecule has 2 nitrogen and oxygen atoms in total. The molecule has 0 amide bonds. The average molecular weight is 199 g/mol. The van der Waals surface area contributed by atoms with E-state index in [0.717, 1.165) is 25.4 Å². The topological polar surface area (TPSA) is 32.3 Å². The molecule has 0 bridgehead atoms. The third kappa shape index (κ3) is 3.58. The largest absolute Gasteiger partial charge is 0.396 e. The predicted octanol–water partition coefficient (Wildman–Crippen LogP) is 2.17. The molecule has 0 aromatic heterocycles. The molecular formula is C12H25NO. The summed E-state index contributed by atoms with van der Waals surface area (Å²) in [4.78, 5) is 0. The zero-order valence-electron chi connectivity index (χ0n) is 9.68. The minimum atomic E-state index is 0.307. The quantitative estimate of drug-likeness (QED) is 0.665. The fourth-order valence-corrected chi connectivity index (χ4v) is 2.42. The van der Waals surface area contributed by atoms with Crippen molar-refractivity contribution in [2.75, 3.05) is 19.7 Å². The summed E-state index contributed by atoms with van der Waals surface area (Å²) in [7, 11) is 0. The summed E-state index contributed by atoms with van der Waals surface area (Å²) in [6, 6.07) is 0. The van der Waals surface area contributed by atoms with Gasteiger partial charge in [0.15, 0.2) is 0 Å². The maximum Gasteiger partial charge on any atom is 0.0443 e. The predicted molar refractivity (Wildman–Crippen MR) is 60.3 cm³/mol. The number of hydrogen-bond acceptors (Lipinski definition) is 2. The van der Waals surface area contributed by atoms with Gasteiger partial charge in [-0.3, -0.25) is 0 Å². The van der Waals surface area contributed by atoms with Gasteiger partial charge in [-0.1, -0.05) is 26.7 Å². The summed E-state index contributed by atoms with van der Waals surface area (Å²) in [6.45, 7) is 7.19. The van der Waals surface area contributed by atoms with Gasteiger partial charge in [0.1, 0.15) is 0 Å². The number of aliphatic hydroxyl groups excluding tert-OH is 1. The first kappa shape index (κ1) is 12.0. The Morgan fingerprint density at radius 2 is 2.14 bits per heavy atom. The molecule has 1 fully saturated rings. The summed E-state index contributed by atoms with van der Waals surface area (Å²) in [5, 5.41) is 12.1. The van der Waals surface area contributed by atoms with Crippen LogP contribution in [0.25, 0.3) is 0 Å². The first-order chi connectivity index (χ1) is 6.67. The standard InChI is InChI=1S/C12H25NO/c1-12(2)7-4-3-6-11(12)10-13-8-5-9-14/h11,13-14H,3-10H2,1-2H3. The molecule has 2 heteroatoms. The molecule has 0 saturated heterocycles. The van der Waals surface area contributed by atoms with Gasteiger partial charge in [-0.2, -0.15) is 0 Å². The van der Waals surface area contributed by atoms with Crippen LogP contribution in [-0.2, 0) is 0 Å². The molecular weight excluding hydrogens is 174 g/mol. The first-order valence-electron chi connectivity index (χ1n) is 5.98. The third-order valence-corrected chi connectivity index (χ3v) is 3.63. The summed E-state index contributed by atoms with van der Waals surface area (Å²) in [5.74, 6) is 0.829. The fraction of sp³-hybridized carbons (Fsp3) is 1.00. The van der Waals surface area contributed by atoms with E-state index in [9.17, 15) is 0 Å². The second kappa shape index (κ2) is 5.72. The zero-order chi connectivity index (χ0) is 10.4. The van der Waals surface area contributed by atoms with Crippen molar-refractivity contribution in [2.24, 2.45) is 11.3 Å². The van der Waals surface area contributed by atoms with Crippen molar-refractivity contribution >= 4 is 0 Å². The molecule has 0 aromatic rings. The highest BCUT2D eigenvalue weighted by atomic mass is 16.3. The Kier molecular flexibility index (Phi) is 4.90. The lowest BCUT2D eigenvalue weighted by Crippen LogP contribution is -2.36. The van der Waals surface area contributed by atoms with Gasteiger partial charge in [-0.05, 0) is 43.7 Å². The Morgan fingerprint density at radius 1 is 1.36 bits per heavy atom. The Bertz CT molecular complexity index is 156. The van der Waals surface area contributed by atoms with Crippen LogP contribution in [0.2, 0.25) is 0 Å². The van der Waals surface area contributed by atoms with Crippen molar-refractivity contribution in [2.45, 2.75) is 46.0 Å². The summed E-state index contributed by atoms with van der Waals surface area (Å²) in [6.07, 6.45) is 6.43. The molecule has 1 rings (SSSR count). The van der Waals surface area contributed by atoms with Gasteiger partial charge in [0.25, 0.3) is 0 Å². The number of rotatable bonds is 5. The minimum Gasteiger partial charge on any atom is -0.396 e. The fourth-order valence-electron chi connectivity index (χ4n) is 2.42. The molecule has 0 aliphatic heterocycles. The lowest BCUT2D eigenvalue weighted by molar-refractivity contribution is 0.135. The molecule has 1 saturated carbocycles. The Morgan fingerprint density at radius 3 is 2.79 bits per heavy atom. The molecule has 1 unspecified atom stereocenters. The molecule has 1 atom stereocenters. The molecule has 14 heavy (non-hydrogen) atoms. The molecule has 2 N–H and O–H groups in total. The Labute approximate surface area is 88.1 Å². The highest BCUT2D eigenvalue weighted by molar-refractivity contribution is 4.83. The van der Waals surface area contributed by atoms with Crippen LogP contribution < -0.4 is 5.32 Å². The van der Waals surface area contributed by atoms with E-state index in [1.165, 1.54) is 25.7 Å². The highest BCUT2D eigenvalue weighted by Crippen LogP contribution is 2.39. The van der Waals surface area contributed by atoms with Gasteiger partial charge in [0, 0.05) is 6.61 Å². The molecule has 0 spiro atoms. The minimum absolute atomic E-state index is 0.307. The number of nitrogens with one attached hydrogen (secondary N) is 1. The monoisotopic (exact) mass is 199 g/mol. The normalized spacial score (nSPS) is 26.4. The van der Waals surface area contributed by atoms with Crippen LogP contribution in [0.1, 0.15) is 46.0 Å². The molecule has 84 valence electrons. The Balaban J connectivity index is 2.20. The molecule has 1 aliphatic rings. The van der Waals surface area contributed by atoms with E-state index in [1.54, 1.807) is 0 Å².